The summed E-state index contributed by atoms with van der Waals surface area (Å²) in [5, 5.41) is 4.03. The quantitative estimate of drug-likeness (QED) is 0.841. The average molecular weight is 353 g/mol. The van der Waals surface area contributed by atoms with Gasteiger partial charge in [0, 0.05) is 17.1 Å². The molecule has 4 unspecified atom stereocenters. The highest BCUT2D eigenvalue weighted by molar-refractivity contribution is 7.99. The maximum Gasteiger partial charge on any atom is 0.254 e. The fourth-order valence-electron chi connectivity index (χ4n) is 4.54. The van der Waals surface area contributed by atoms with E-state index in [1.165, 1.54) is 25.7 Å². The van der Waals surface area contributed by atoms with Crippen LogP contribution in [0.15, 0.2) is 58.6 Å². The van der Waals surface area contributed by atoms with Gasteiger partial charge < -0.3 is 5.32 Å². The lowest BCUT2D eigenvalue weighted by molar-refractivity contribution is 0.0911. The number of nitrogens with one attached hydrogen (secondary N) is 1. The van der Waals surface area contributed by atoms with Crippen LogP contribution in [-0.2, 0) is 0 Å². The van der Waals surface area contributed by atoms with E-state index in [0.29, 0.717) is 11.5 Å². The van der Waals surface area contributed by atoms with Crippen LogP contribution in [0.25, 0.3) is 0 Å². The lowest BCUT2D eigenvalue weighted by Gasteiger charge is -2.28. The van der Waals surface area contributed by atoms with Crippen molar-refractivity contribution in [1.82, 2.24) is 10.3 Å². The number of benzene rings is 1. The molecule has 2 saturated carbocycles. The molecule has 3 nitrogen and oxygen atoms in total. The van der Waals surface area contributed by atoms with E-state index < -0.39 is 0 Å². The third-order valence-electron chi connectivity index (χ3n) is 5.77. The van der Waals surface area contributed by atoms with E-state index in [1.54, 1.807) is 18.0 Å². The highest BCUT2D eigenvalue weighted by Gasteiger charge is 2.42. The van der Waals surface area contributed by atoms with Gasteiger partial charge in [-0.2, -0.15) is 0 Å². The summed E-state index contributed by atoms with van der Waals surface area (Å²) in [6.07, 6.45) is 7.14. The number of carbonyl (C=O) groups is 1. The number of rotatable bonds is 5. The minimum Gasteiger partial charge on any atom is -0.349 e. The van der Waals surface area contributed by atoms with Gasteiger partial charge in [0.25, 0.3) is 5.91 Å². The van der Waals surface area contributed by atoms with Gasteiger partial charge in [0.1, 0.15) is 5.03 Å². The van der Waals surface area contributed by atoms with Crippen molar-refractivity contribution < 1.29 is 4.79 Å². The van der Waals surface area contributed by atoms with Gasteiger partial charge in [0.15, 0.2) is 0 Å². The number of nitrogens with zero attached hydrogens (tertiary/aromatic N) is 1. The summed E-state index contributed by atoms with van der Waals surface area (Å²) in [4.78, 5) is 18.4. The zero-order chi connectivity index (χ0) is 17.2. The second-order valence-electron chi connectivity index (χ2n) is 7.37. The molecule has 1 heterocycles. The van der Waals surface area contributed by atoms with Crippen molar-refractivity contribution >= 4 is 17.7 Å². The Morgan fingerprint density at radius 2 is 2.00 bits per heavy atom. The molecular formula is C21H24N2OS. The van der Waals surface area contributed by atoms with E-state index in [-0.39, 0.29) is 11.9 Å². The van der Waals surface area contributed by atoms with Crippen LogP contribution in [0.1, 0.15) is 43.0 Å². The minimum absolute atomic E-state index is 0.00167. The summed E-state index contributed by atoms with van der Waals surface area (Å²) in [5.41, 5.74) is 0.673. The maximum atomic E-state index is 12.9. The third kappa shape index (κ3) is 3.59. The Kier molecular flexibility index (Phi) is 4.80. The van der Waals surface area contributed by atoms with E-state index in [9.17, 15) is 4.79 Å². The van der Waals surface area contributed by atoms with Crippen LogP contribution >= 0.6 is 11.8 Å². The summed E-state index contributed by atoms with van der Waals surface area (Å²) in [6, 6.07) is 14.0. The number of fused-ring (bicyclic) bond motifs is 2. The molecule has 2 aromatic rings. The molecule has 0 saturated heterocycles. The highest BCUT2D eigenvalue weighted by atomic mass is 32.2. The van der Waals surface area contributed by atoms with Crippen LogP contribution in [-0.4, -0.2) is 16.9 Å². The molecule has 4 rings (SSSR count). The van der Waals surface area contributed by atoms with Crippen molar-refractivity contribution in [3.8, 4) is 0 Å². The fourth-order valence-corrected chi connectivity index (χ4v) is 5.44. The van der Waals surface area contributed by atoms with Crippen molar-refractivity contribution in [3.63, 3.8) is 0 Å². The summed E-state index contributed by atoms with van der Waals surface area (Å²) < 4.78 is 0. The van der Waals surface area contributed by atoms with Gasteiger partial charge in [0.05, 0.1) is 5.56 Å². The standard InChI is InChI=1S/C21H24N2OS/c1-14(19-13-15-9-10-16(19)12-15)23-20(24)18-8-5-11-22-21(18)25-17-6-3-2-4-7-17/h2-8,11,14-16,19H,9-10,12-13H2,1H3,(H,23,24). The second kappa shape index (κ2) is 7.20. The van der Waals surface area contributed by atoms with Crippen LogP contribution in [0.3, 0.4) is 0 Å². The SMILES string of the molecule is CC(NC(=O)c1cccnc1Sc1ccccc1)C1CC2CCC1C2. The predicted octanol–water partition coefficient (Wildman–Crippen LogP) is 4.79. The number of hydrogen-bond acceptors (Lipinski definition) is 3. The fraction of sp³-hybridized carbons (Fsp3) is 0.429. The number of carbonyl (C=O) groups excluding carboxylic acids is 1. The van der Waals surface area contributed by atoms with Crippen LogP contribution in [0, 0.1) is 17.8 Å². The summed E-state index contributed by atoms with van der Waals surface area (Å²) >= 11 is 1.54. The van der Waals surface area contributed by atoms with Crippen molar-refractivity contribution in [1.29, 1.82) is 0 Å². The van der Waals surface area contributed by atoms with Crippen molar-refractivity contribution in [2.24, 2.45) is 17.8 Å². The molecular weight excluding hydrogens is 328 g/mol. The highest BCUT2D eigenvalue weighted by Crippen LogP contribution is 2.49. The Hall–Kier alpha value is -1.81. The first-order chi connectivity index (χ1) is 12.2. The van der Waals surface area contributed by atoms with E-state index >= 15 is 0 Å². The molecule has 0 aliphatic heterocycles. The molecule has 4 atom stereocenters. The maximum absolute atomic E-state index is 12.9. The summed E-state index contributed by atoms with van der Waals surface area (Å²) in [7, 11) is 0. The first kappa shape index (κ1) is 16.6. The third-order valence-corrected chi connectivity index (χ3v) is 6.79. The van der Waals surface area contributed by atoms with Crippen molar-refractivity contribution in [3.05, 3.63) is 54.2 Å². The van der Waals surface area contributed by atoms with Gasteiger partial charge in [-0.25, -0.2) is 4.98 Å². The average Bonchev–Trinajstić information content (AvgIpc) is 3.26. The molecule has 130 valence electrons. The number of hydrogen-bond donors (Lipinski definition) is 1. The lowest BCUT2D eigenvalue weighted by atomic mass is 9.84. The molecule has 25 heavy (non-hydrogen) atoms. The minimum atomic E-state index is 0.00167. The Morgan fingerprint density at radius 1 is 1.16 bits per heavy atom. The number of aromatic nitrogens is 1. The monoisotopic (exact) mass is 352 g/mol. The number of pyridine rings is 1. The van der Waals surface area contributed by atoms with Crippen LogP contribution < -0.4 is 5.32 Å². The molecule has 2 aliphatic rings. The van der Waals surface area contributed by atoms with Gasteiger partial charge in [-0.15, -0.1) is 0 Å². The Balaban J connectivity index is 1.47. The normalized spacial score (nSPS) is 25.7. The van der Waals surface area contributed by atoms with Crippen LogP contribution in [0.4, 0.5) is 0 Å². The van der Waals surface area contributed by atoms with Crippen molar-refractivity contribution in [2.45, 2.75) is 48.6 Å². The van der Waals surface area contributed by atoms with E-state index in [0.717, 1.165) is 21.8 Å². The lowest BCUT2D eigenvalue weighted by Crippen LogP contribution is -2.40. The topological polar surface area (TPSA) is 42.0 Å². The predicted molar refractivity (Wildman–Crippen MR) is 101 cm³/mol. The summed E-state index contributed by atoms with van der Waals surface area (Å²) in [5.74, 6) is 2.36. The van der Waals surface area contributed by atoms with Gasteiger partial charge in [-0.05, 0) is 68.2 Å². The second-order valence-corrected chi connectivity index (χ2v) is 8.43. The zero-order valence-electron chi connectivity index (χ0n) is 14.5. The first-order valence-electron chi connectivity index (χ1n) is 9.19. The molecule has 1 N–H and O–H groups in total. The molecule has 4 heteroatoms. The molecule has 1 aromatic carbocycles. The molecule has 1 aromatic heterocycles. The van der Waals surface area contributed by atoms with Gasteiger partial charge >= 0.3 is 0 Å². The van der Waals surface area contributed by atoms with Crippen molar-refractivity contribution in [2.75, 3.05) is 0 Å². The largest absolute Gasteiger partial charge is 0.349 e. The Morgan fingerprint density at radius 3 is 2.72 bits per heavy atom. The molecule has 0 spiro atoms. The molecule has 2 fully saturated rings. The van der Waals surface area contributed by atoms with Gasteiger partial charge in [-0.1, -0.05) is 36.4 Å². The number of amides is 1. The molecule has 0 radical (unpaired) electrons. The van der Waals surface area contributed by atoms with Crippen LogP contribution in [0.2, 0.25) is 0 Å². The Bertz CT molecular complexity index is 749. The van der Waals surface area contributed by atoms with E-state index in [2.05, 4.69) is 17.2 Å². The van der Waals surface area contributed by atoms with Gasteiger partial charge in [0.2, 0.25) is 0 Å². The Labute approximate surface area is 153 Å². The van der Waals surface area contributed by atoms with Crippen LogP contribution in [0.5, 0.6) is 0 Å². The van der Waals surface area contributed by atoms with Gasteiger partial charge in [-0.3, -0.25) is 4.79 Å². The molecule has 2 bridgehead atoms. The summed E-state index contributed by atoms with van der Waals surface area (Å²) in [6.45, 7) is 2.17. The van der Waals surface area contributed by atoms with E-state index in [1.807, 2.05) is 42.5 Å². The zero-order valence-corrected chi connectivity index (χ0v) is 15.3. The molecule has 1 amide bonds. The smallest absolute Gasteiger partial charge is 0.254 e. The molecule has 2 aliphatic carbocycles. The van der Waals surface area contributed by atoms with E-state index in [4.69, 9.17) is 0 Å². The first-order valence-corrected chi connectivity index (χ1v) is 10.0.